The molecule has 0 spiro atoms. The predicted octanol–water partition coefficient (Wildman–Crippen LogP) is 0.509. The molecule has 20 heavy (non-hydrogen) atoms. The third-order valence-corrected chi connectivity index (χ3v) is 4.14. The fourth-order valence-electron chi connectivity index (χ4n) is 2.85. The minimum absolute atomic E-state index is 0.0657. The van der Waals surface area contributed by atoms with Crippen molar-refractivity contribution in [2.75, 3.05) is 33.8 Å². The van der Waals surface area contributed by atoms with Gasteiger partial charge in [-0.05, 0) is 38.4 Å². The zero-order valence-corrected chi connectivity index (χ0v) is 12.4. The first-order chi connectivity index (χ1) is 9.58. The highest BCUT2D eigenvalue weighted by molar-refractivity contribution is 5.08. The van der Waals surface area contributed by atoms with Gasteiger partial charge in [-0.3, -0.25) is 9.69 Å². The fraction of sp³-hybridized carbons (Fsp3) is 0.667. The number of nitrogens with zero attached hydrogens (tertiary/aromatic N) is 2. The molecule has 112 valence electrons. The number of hydrogen-bond donors (Lipinski definition) is 2. The van der Waals surface area contributed by atoms with Gasteiger partial charge in [0.1, 0.15) is 0 Å². The first-order valence-electron chi connectivity index (χ1n) is 7.25. The predicted molar refractivity (Wildman–Crippen MR) is 79.6 cm³/mol. The van der Waals surface area contributed by atoms with E-state index in [4.69, 9.17) is 0 Å². The Morgan fingerprint density at radius 3 is 2.75 bits per heavy atom. The molecular weight excluding hydrogens is 254 g/mol. The zero-order valence-electron chi connectivity index (χ0n) is 12.4. The highest BCUT2D eigenvalue weighted by Crippen LogP contribution is 2.20. The van der Waals surface area contributed by atoms with Crippen molar-refractivity contribution in [2.45, 2.75) is 25.4 Å². The van der Waals surface area contributed by atoms with Crippen LogP contribution in [0.3, 0.4) is 0 Å². The van der Waals surface area contributed by atoms with Crippen LogP contribution in [0, 0.1) is 5.92 Å². The summed E-state index contributed by atoms with van der Waals surface area (Å²) in [6.45, 7) is 2.99. The Kier molecular flexibility index (Phi) is 5.34. The average molecular weight is 279 g/mol. The molecule has 0 unspecified atom stereocenters. The van der Waals surface area contributed by atoms with Crippen LogP contribution in [-0.4, -0.2) is 59.7 Å². The van der Waals surface area contributed by atoms with Gasteiger partial charge in [0.2, 0.25) is 5.56 Å². The van der Waals surface area contributed by atoms with Gasteiger partial charge in [-0.1, -0.05) is 6.07 Å². The van der Waals surface area contributed by atoms with E-state index in [1.165, 1.54) is 0 Å². The molecule has 0 aromatic carbocycles. The maximum Gasteiger partial charge on any atom is 0.247 e. The Morgan fingerprint density at radius 2 is 2.15 bits per heavy atom. The molecule has 1 aliphatic heterocycles. The van der Waals surface area contributed by atoms with Gasteiger partial charge >= 0.3 is 0 Å². The summed E-state index contributed by atoms with van der Waals surface area (Å²) in [7, 11) is 4.23. The highest BCUT2D eigenvalue weighted by atomic mass is 16.3. The Morgan fingerprint density at radius 1 is 1.35 bits per heavy atom. The van der Waals surface area contributed by atoms with Gasteiger partial charge in [-0.15, -0.1) is 0 Å². The van der Waals surface area contributed by atoms with E-state index in [-0.39, 0.29) is 12.2 Å². The van der Waals surface area contributed by atoms with Crippen LogP contribution in [0.15, 0.2) is 23.1 Å². The monoisotopic (exact) mass is 279 g/mol. The Balaban J connectivity index is 2.06. The van der Waals surface area contributed by atoms with Crippen LogP contribution in [0.25, 0.3) is 0 Å². The minimum atomic E-state index is -0.0657. The molecule has 0 aliphatic carbocycles. The van der Waals surface area contributed by atoms with Crippen molar-refractivity contribution in [1.82, 2.24) is 14.8 Å². The van der Waals surface area contributed by atoms with Crippen molar-refractivity contribution in [3.05, 3.63) is 34.2 Å². The first-order valence-corrected chi connectivity index (χ1v) is 7.25. The average Bonchev–Trinajstić information content (AvgIpc) is 2.64. The van der Waals surface area contributed by atoms with Crippen LogP contribution in [0.1, 0.15) is 18.4 Å². The fourth-order valence-corrected chi connectivity index (χ4v) is 2.85. The van der Waals surface area contributed by atoms with Gasteiger partial charge in [0.25, 0.3) is 0 Å². The van der Waals surface area contributed by atoms with Crippen LogP contribution in [0.2, 0.25) is 0 Å². The number of pyridine rings is 1. The van der Waals surface area contributed by atoms with Gasteiger partial charge in [0.05, 0.1) is 0 Å². The van der Waals surface area contributed by atoms with E-state index in [1.807, 2.05) is 6.07 Å². The molecule has 1 aliphatic rings. The topological polar surface area (TPSA) is 59.6 Å². The second kappa shape index (κ2) is 7.02. The molecule has 2 rings (SSSR count). The number of aromatic amines is 1. The smallest absolute Gasteiger partial charge is 0.247 e. The molecule has 0 bridgehead atoms. The number of aromatic nitrogens is 1. The Labute approximate surface area is 120 Å². The summed E-state index contributed by atoms with van der Waals surface area (Å²) in [5, 5.41) is 9.47. The van der Waals surface area contributed by atoms with Crippen molar-refractivity contribution in [3.8, 4) is 0 Å². The van der Waals surface area contributed by atoms with Gasteiger partial charge in [-0.25, -0.2) is 0 Å². The second-order valence-corrected chi connectivity index (χ2v) is 6.00. The third kappa shape index (κ3) is 4.16. The molecule has 2 atom stereocenters. The second-order valence-electron chi connectivity index (χ2n) is 6.00. The molecule has 1 aromatic rings. The number of aliphatic hydroxyl groups excluding tert-OH is 1. The summed E-state index contributed by atoms with van der Waals surface area (Å²) in [4.78, 5) is 18.5. The maximum atomic E-state index is 11.1. The molecule has 0 amide bonds. The van der Waals surface area contributed by atoms with Crippen molar-refractivity contribution >= 4 is 0 Å². The normalized spacial score (nSPS) is 24.8. The van der Waals surface area contributed by atoms with E-state index in [2.05, 4.69) is 28.9 Å². The summed E-state index contributed by atoms with van der Waals surface area (Å²) in [5.74, 6) is 0.350. The van der Waals surface area contributed by atoms with Gasteiger partial charge in [-0.2, -0.15) is 0 Å². The van der Waals surface area contributed by atoms with E-state index in [0.717, 1.165) is 38.0 Å². The lowest BCUT2D eigenvalue weighted by atomic mass is 10.0. The number of rotatable bonds is 4. The highest BCUT2D eigenvalue weighted by Gasteiger charge is 2.24. The minimum Gasteiger partial charge on any atom is -0.396 e. The van der Waals surface area contributed by atoms with Crippen molar-refractivity contribution in [3.63, 3.8) is 0 Å². The summed E-state index contributed by atoms with van der Waals surface area (Å²) in [6.07, 6.45) is 3.98. The number of likely N-dealkylation sites (tertiary alicyclic amines) is 1. The van der Waals surface area contributed by atoms with E-state index >= 15 is 0 Å². The lowest BCUT2D eigenvalue weighted by Crippen LogP contribution is -2.39. The Hall–Kier alpha value is -1.17. The lowest BCUT2D eigenvalue weighted by molar-refractivity contribution is 0.158. The molecule has 0 saturated carbocycles. The van der Waals surface area contributed by atoms with Crippen LogP contribution in [-0.2, 0) is 6.54 Å². The zero-order chi connectivity index (χ0) is 14.5. The van der Waals surface area contributed by atoms with Gasteiger partial charge in [0, 0.05) is 44.5 Å². The van der Waals surface area contributed by atoms with E-state index in [9.17, 15) is 9.90 Å². The Bertz CT molecular complexity index is 452. The maximum absolute atomic E-state index is 11.1. The lowest BCUT2D eigenvalue weighted by Gasteiger charge is -2.28. The number of H-pyrrole nitrogens is 1. The van der Waals surface area contributed by atoms with E-state index in [0.29, 0.717) is 12.0 Å². The quantitative estimate of drug-likeness (QED) is 0.843. The molecule has 1 fully saturated rings. The molecule has 1 saturated heterocycles. The molecule has 5 nitrogen and oxygen atoms in total. The molecule has 2 heterocycles. The van der Waals surface area contributed by atoms with Crippen molar-refractivity contribution < 1.29 is 5.11 Å². The number of aliphatic hydroxyl groups is 1. The molecule has 0 radical (unpaired) electrons. The number of nitrogens with one attached hydrogen (secondary N) is 1. The SMILES string of the molecule is CN(C)[C@@H]1CC[C@H](CO)CN(Cc2ccc(=O)[nH]c2)C1. The van der Waals surface area contributed by atoms with Crippen molar-refractivity contribution in [1.29, 1.82) is 0 Å². The number of likely N-dealkylation sites (N-methyl/N-ethyl adjacent to an activating group) is 1. The van der Waals surface area contributed by atoms with Gasteiger partial charge in [0.15, 0.2) is 0 Å². The largest absolute Gasteiger partial charge is 0.396 e. The van der Waals surface area contributed by atoms with Crippen LogP contribution < -0.4 is 5.56 Å². The van der Waals surface area contributed by atoms with Crippen molar-refractivity contribution in [2.24, 2.45) is 5.92 Å². The molecule has 5 heteroatoms. The molecule has 1 aromatic heterocycles. The first kappa shape index (κ1) is 15.2. The van der Waals surface area contributed by atoms with E-state index < -0.39 is 0 Å². The molecule has 2 N–H and O–H groups in total. The van der Waals surface area contributed by atoms with Gasteiger partial charge < -0.3 is 15.0 Å². The van der Waals surface area contributed by atoms with Crippen LogP contribution in [0.5, 0.6) is 0 Å². The van der Waals surface area contributed by atoms with E-state index in [1.54, 1.807) is 12.3 Å². The molecular formula is C15H25N3O2. The summed E-state index contributed by atoms with van der Waals surface area (Å²) in [6, 6.07) is 3.97. The third-order valence-electron chi connectivity index (χ3n) is 4.14. The van der Waals surface area contributed by atoms with Crippen LogP contribution >= 0.6 is 0 Å². The summed E-state index contributed by atoms with van der Waals surface area (Å²) >= 11 is 0. The summed E-state index contributed by atoms with van der Waals surface area (Å²) in [5.41, 5.74) is 1.05. The number of hydrogen-bond acceptors (Lipinski definition) is 4. The standard InChI is InChI=1S/C15H25N3O2/c1-17(2)14-5-3-13(11-19)9-18(10-14)8-12-4-6-15(20)16-7-12/h4,6-7,13-14,19H,3,5,8-11H2,1-2H3,(H,16,20)/t13-,14+/m0/s1. The van der Waals surface area contributed by atoms with Crippen LogP contribution in [0.4, 0.5) is 0 Å². The summed E-state index contributed by atoms with van der Waals surface area (Å²) < 4.78 is 0.